The lowest BCUT2D eigenvalue weighted by molar-refractivity contribution is -0.274. The molecule has 0 amide bonds. The summed E-state index contributed by atoms with van der Waals surface area (Å²) in [4.78, 5) is 17.9. The molecule has 9 heteroatoms. The van der Waals surface area contributed by atoms with Crippen molar-refractivity contribution in [3.63, 3.8) is 0 Å². The lowest BCUT2D eigenvalue weighted by Gasteiger charge is -2.12. The first-order valence-corrected chi connectivity index (χ1v) is 9.29. The van der Waals surface area contributed by atoms with Crippen molar-refractivity contribution in [2.24, 2.45) is 0 Å². The number of halogens is 4. The molecule has 0 spiro atoms. The molecule has 0 radical (unpaired) electrons. The Morgan fingerprint density at radius 2 is 2.00 bits per heavy atom. The maximum Gasteiger partial charge on any atom is 0.573 e. The minimum atomic E-state index is -4.83. The van der Waals surface area contributed by atoms with Gasteiger partial charge in [-0.3, -0.25) is 9.36 Å². The third-order valence-corrected chi connectivity index (χ3v) is 4.93. The average Bonchev–Trinajstić information content (AvgIpc) is 2.59. The molecule has 0 aliphatic carbocycles. The Labute approximate surface area is 161 Å². The molecule has 4 nitrogen and oxygen atoms in total. The smallest absolute Gasteiger partial charge is 0.406 e. The van der Waals surface area contributed by atoms with Crippen LogP contribution in [0.1, 0.15) is 12.5 Å². The summed E-state index contributed by atoms with van der Waals surface area (Å²) < 4.78 is 42.5. The van der Waals surface area contributed by atoms with Gasteiger partial charge in [0, 0.05) is 9.92 Å². The lowest BCUT2D eigenvalue weighted by atomic mass is 10.2. The minimum absolute atomic E-state index is 0.0472. The number of rotatable bonds is 5. The van der Waals surface area contributed by atoms with Gasteiger partial charge in [-0.2, -0.15) is 0 Å². The van der Waals surface area contributed by atoms with Crippen LogP contribution in [-0.4, -0.2) is 21.7 Å². The van der Waals surface area contributed by atoms with Crippen LogP contribution in [0.25, 0.3) is 10.9 Å². The molecule has 0 fully saturated rings. The molecule has 1 aromatic heterocycles. The van der Waals surface area contributed by atoms with Crippen molar-refractivity contribution in [3.8, 4) is 5.75 Å². The second-order valence-electron chi connectivity index (χ2n) is 5.59. The Balaban J connectivity index is 2.02. The van der Waals surface area contributed by atoms with Gasteiger partial charge in [0.25, 0.3) is 5.56 Å². The molecular formula is C18H14ClF3N2O2S. The number of benzene rings is 2. The molecule has 27 heavy (non-hydrogen) atoms. The zero-order chi connectivity index (χ0) is 19.6. The third-order valence-electron chi connectivity index (χ3n) is 3.69. The largest absolute Gasteiger partial charge is 0.573 e. The van der Waals surface area contributed by atoms with Crippen LogP contribution in [0, 0.1) is 0 Å². The van der Waals surface area contributed by atoms with Gasteiger partial charge in [0.05, 0.1) is 23.8 Å². The van der Waals surface area contributed by atoms with E-state index in [4.69, 9.17) is 11.6 Å². The lowest BCUT2D eigenvalue weighted by Crippen LogP contribution is -2.22. The number of ether oxygens (including phenoxy) is 1. The van der Waals surface area contributed by atoms with Gasteiger partial charge in [-0.25, -0.2) is 4.98 Å². The standard InChI is InChI=1S/C18H14ClF3N2O2S/c1-2-27-16-6-3-12(19)7-11(16)9-24-10-23-15-5-4-13(26-18(20,21)22)8-14(15)17(24)25/h3-8,10H,2,9H2,1H3. The number of hydrogen-bond acceptors (Lipinski definition) is 4. The fraction of sp³-hybridized carbons (Fsp3) is 0.222. The normalized spacial score (nSPS) is 11.7. The van der Waals surface area contributed by atoms with E-state index in [0.29, 0.717) is 10.5 Å². The summed E-state index contributed by atoms with van der Waals surface area (Å²) in [7, 11) is 0. The summed E-state index contributed by atoms with van der Waals surface area (Å²) in [6, 6.07) is 8.90. The number of hydrogen-bond donors (Lipinski definition) is 0. The first-order valence-electron chi connectivity index (χ1n) is 7.93. The zero-order valence-electron chi connectivity index (χ0n) is 14.1. The number of fused-ring (bicyclic) bond motifs is 1. The highest BCUT2D eigenvalue weighted by molar-refractivity contribution is 7.99. The summed E-state index contributed by atoms with van der Waals surface area (Å²) in [6.45, 7) is 2.21. The quantitative estimate of drug-likeness (QED) is 0.544. The molecule has 3 rings (SSSR count). The monoisotopic (exact) mass is 414 g/mol. The number of aromatic nitrogens is 2. The first kappa shape index (κ1) is 19.6. The number of alkyl halides is 3. The van der Waals surface area contributed by atoms with E-state index in [1.807, 2.05) is 13.0 Å². The third kappa shape index (κ3) is 4.75. The van der Waals surface area contributed by atoms with Gasteiger partial charge in [0.1, 0.15) is 5.75 Å². The molecule has 0 saturated carbocycles. The molecule has 0 aliphatic rings. The number of thioether (sulfide) groups is 1. The van der Waals surface area contributed by atoms with E-state index >= 15 is 0 Å². The van der Waals surface area contributed by atoms with Crippen LogP contribution in [0.3, 0.4) is 0 Å². The highest BCUT2D eigenvalue weighted by Crippen LogP contribution is 2.27. The van der Waals surface area contributed by atoms with E-state index in [9.17, 15) is 18.0 Å². The molecule has 0 saturated heterocycles. The summed E-state index contributed by atoms with van der Waals surface area (Å²) in [6.07, 6.45) is -3.46. The van der Waals surface area contributed by atoms with E-state index < -0.39 is 17.7 Å². The molecule has 0 unspecified atom stereocenters. The fourth-order valence-electron chi connectivity index (χ4n) is 2.60. The molecule has 3 aromatic rings. The highest BCUT2D eigenvalue weighted by atomic mass is 35.5. The van der Waals surface area contributed by atoms with Crippen LogP contribution < -0.4 is 10.3 Å². The predicted octanol–water partition coefficient (Wildman–Crippen LogP) is 5.11. The Hall–Kier alpha value is -2.19. The minimum Gasteiger partial charge on any atom is -0.406 e. The average molecular weight is 415 g/mol. The van der Waals surface area contributed by atoms with Gasteiger partial charge >= 0.3 is 6.36 Å². The molecule has 0 bridgehead atoms. The van der Waals surface area contributed by atoms with Gasteiger partial charge < -0.3 is 4.74 Å². The summed E-state index contributed by atoms with van der Waals surface area (Å²) in [5.41, 5.74) is 0.667. The van der Waals surface area contributed by atoms with Crippen molar-refractivity contribution in [3.05, 3.63) is 63.7 Å². The van der Waals surface area contributed by atoms with E-state index in [0.717, 1.165) is 28.3 Å². The second-order valence-corrected chi connectivity index (χ2v) is 7.33. The molecule has 0 atom stereocenters. The van der Waals surface area contributed by atoms with Crippen molar-refractivity contribution in [2.45, 2.75) is 24.7 Å². The molecule has 2 aromatic carbocycles. The van der Waals surface area contributed by atoms with E-state index in [2.05, 4.69) is 9.72 Å². The summed E-state index contributed by atoms with van der Waals surface area (Å²) in [5, 5.41) is 0.582. The van der Waals surface area contributed by atoms with E-state index in [1.165, 1.54) is 17.0 Å². The zero-order valence-corrected chi connectivity index (χ0v) is 15.7. The van der Waals surface area contributed by atoms with Gasteiger partial charge in [-0.05, 0) is 47.7 Å². The van der Waals surface area contributed by atoms with Crippen LogP contribution in [0.5, 0.6) is 5.75 Å². The topological polar surface area (TPSA) is 44.1 Å². The highest BCUT2D eigenvalue weighted by Gasteiger charge is 2.31. The van der Waals surface area contributed by atoms with Crippen LogP contribution in [-0.2, 0) is 6.54 Å². The predicted molar refractivity (Wildman–Crippen MR) is 99.6 cm³/mol. The van der Waals surface area contributed by atoms with Crippen LogP contribution >= 0.6 is 23.4 Å². The van der Waals surface area contributed by atoms with Crippen LogP contribution in [0.4, 0.5) is 13.2 Å². The number of nitrogens with zero attached hydrogens (tertiary/aromatic N) is 2. The fourth-order valence-corrected chi connectivity index (χ4v) is 3.58. The van der Waals surface area contributed by atoms with Gasteiger partial charge in [0.2, 0.25) is 0 Å². The molecule has 142 valence electrons. The van der Waals surface area contributed by atoms with Crippen molar-refractivity contribution in [1.82, 2.24) is 9.55 Å². The van der Waals surface area contributed by atoms with Crippen molar-refractivity contribution in [2.75, 3.05) is 5.75 Å². The maximum absolute atomic E-state index is 12.8. The summed E-state index contributed by atoms with van der Waals surface area (Å²) in [5.74, 6) is 0.383. The van der Waals surface area contributed by atoms with Gasteiger partial charge in [0.15, 0.2) is 0 Å². The molecular weight excluding hydrogens is 401 g/mol. The second kappa shape index (κ2) is 7.82. The van der Waals surface area contributed by atoms with Crippen LogP contribution in [0.2, 0.25) is 5.02 Å². The Morgan fingerprint density at radius 1 is 1.22 bits per heavy atom. The van der Waals surface area contributed by atoms with Crippen molar-refractivity contribution < 1.29 is 17.9 Å². The van der Waals surface area contributed by atoms with Crippen molar-refractivity contribution in [1.29, 1.82) is 0 Å². The van der Waals surface area contributed by atoms with E-state index in [1.54, 1.807) is 23.9 Å². The molecule has 0 aliphatic heterocycles. The summed E-state index contributed by atoms with van der Waals surface area (Å²) >= 11 is 7.67. The van der Waals surface area contributed by atoms with Gasteiger partial charge in [-0.1, -0.05) is 18.5 Å². The van der Waals surface area contributed by atoms with Gasteiger partial charge in [-0.15, -0.1) is 24.9 Å². The molecule has 0 N–H and O–H groups in total. The Bertz CT molecular complexity index is 1040. The SMILES string of the molecule is CCSc1ccc(Cl)cc1Cn1cnc2ccc(OC(F)(F)F)cc2c1=O. The Kier molecular flexibility index (Phi) is 5.67. The van der Waals surface area contributed by atoms with E-state index in [-0.39, 0.29) is 11.9 Å². The van der Waals surface area contributed by atoms with Crippen molar-refractivity contribution >= 4 is 34.3 Å². The Morgan fingerprint density at radius 3 is 2.70 bits per heavy atom. The van der Waals surface area contributed by atoms with Crippen LogP contribution in [0.15, 0.2) is 52.4 Å². The molecule has 1 heterocycles. The first-order chi connectivity index (χ1) is 12.8. The maximum atomic E-state index is 12.8.